The zero-order valence-corrected chi connectivity index (χ0v) is 20.2. The number of piperidine rings is 1. The highest BCUT2D eigenvalue weighted by Crippen LogP contribution is 2.36. The van der Waals surface area contributed by atoms with E-state index in [2.05, 4.69) is 15.2 Å². The summed E-state index contributed by atoms with van der Waals surface area (Å²) in [7, 11) is 0. The minimum absolute atomic E-state index is 0.0622. The first-order chi connectivity index (χ1) is 17.7. The number of likely N-dealkylation sites (tertiary alicyclic amines) is 1. The van der Waals surface area contributed by atoms with Crippen LogP contribution in [0.25, 0.3) is 0 Å². The fourth-order valence-corrected chi connectivity index (χ4v) is 3.99. The lowest BCUT2D eigenvalue weighted by atomic mass is 9.91. The Kier molecular flexibility index (Phi) is 11.3. The Morgan fingerprint density at radius 3 is 2.05 bits per heavy atom. The number of nitrogens with zero attached hydrogens (tertiary/aromatic N) is 2. The van der Waals surface area contributed by atoms with Crippen molar-refractivity contribution in [1.29, 1.82) is 0 Å². The maximum absolute atomic E-state index is 12.4. The SMILES string of the molecule is O=C(NCCc1ccncc1)[C@H]1C[C@@H]2CCN(CC3CC3)C[C@H]2O1.O=C(O)C(F)(F)F.O=C(O)C(F)(F)F. The number of carbonyl (C=O) groups is 3. The molecule has 0 spiro atoms. The first-order valence-electron chi connectivity index (χ1n) is 11.8. The molecule has 2 aliphatic heterocycles. The zero-order valence-electron chi connectivity index (χ0n) is 20.2. The Morgan fingerprint density at radius 2 is 1.55 bits per heavy atom. The Bertz CT molecular complexity index is 902. The zero-order chi connectivity index (χ0) is 28.5. The standard InChI is InChI=1S/C19H27N3O2.2C2HF3O2/c23-19(21-9-5-14-3-7-20-8-4-14)17-11-16-6-10-22(12-15-1-2-15)13-18(16)24-17;2*3-2(4,5)1(6)7/h3-4,7-8,15-18H,1-2,5-6,9-13H2,(H,21,23);2*(H,6,7)/t16-,17+,18+;;/m0../s1. The van der Waals surface area contributed by atoms with Crippen molar-refractivity contribution in [3.63, 3.8) is 0 Å². The van der Waals surface area contributed by atoms with Crippen LogP contribution in [0.5, 0.6) is 0 Å². The van der Waals surface area contributed by atoms with Gasteiger partial charge in [-0.3, -0.25) is 9.78 Å². The first-order valence-corrected chi connectivity index (χ1v) is 11.8. The number of rotatable bonds is 6. The van der Waals surface area contributed by atoms with Crippen molar-refractivity contribution in [2.45, 2.75) is 56.7 Å². The van der Waals surface area contributed by atoms with Crippen LogP contribution in [-0.4, -0.2) is 88.7 Å². The maximum atomic E-state index is 12.4. The maximum Gasteiger partial charge on any atom is 0.490 e. The molecule has 0 aromatic carbocycles. The van der Waals surface area contributed by atoms with Gasteiger partial charge in [0.15, 0.2) is 0 Å². The molecule has 9 nitrogen and oxygen atoms in total. The Hall–Kier alpha value is -2.94. The van der Waals surface area contributed by atoms with Crippen LogP contribution in [-0.2, 0) is 25.5 Å². The average Bonchev–Trinajstić information content (AvgIpc) is 3.54. The number of halogens is 6. The lowest BCUT2D eigenvalue weighted by molar-refractivity contribution is -0.193. The summed E-state index contributed by atoms with van der Waals surface area (Å²) in [6.07, 6.45) is -0.886. The second kappa shape index (κ2) is 13.7. The van der Waals surface area contributed by atoms with E-state index in [-0.39, 0.29) is 18.1 Å². The van der Waals surface area contributed by atoms with Crippen LogP contribution < -0.4 is 5.32 Å². The minimum Gasteiger partial charge on any atom is -0.475 e. The molecule has 1 aliphatic carbocycles. The van der Waals surface area contributed by atoms with Gasteiger partial charge in [0.2, 0.25) is 5.91 Å². The Morgan fingerprint density at radius 1 is 1.00 bits per heavy atom. The number of fused-ring (bicyclic) bond motifs is 1. The molecule has 0 unspecified atom stereocenters. The van der Waals surface area contributed by atoms with E-state index < -0.39 is 24.3 Å². The number of alkyl halides is 6. The molecule has 1 aromatic rings. The van der Waals surface area contributed by atoms with Crippen molar-refractivity contribution < 1.29 is 55.7 Å². The molecule has 4 rings (SSSR count). The van der Waals surface area contributed by atoms with Gasteiger partial charge in [-0.25, -0.2) is 9.59 Å². The van der Waals surface area contributed by atoms with Crippen molar-refractivity contribution >= 4 is 17.8 Å². The number of ether oxygens (including phenoxy) is 1. The van der Waals surface area contributed by atoms with Crippen molar-refractivity contribution in [1.82, 2.24) is 15.2 Å². The molecule has 0 radical (unpaired) electrons. The summed E-state index contributed by atoms with van der Waals surface area (Å²) in [6, 6.07) is 3.97. The molecule has 0 bridgehead atoms. The Labute approximate surface area is 214 Å². The van der Waals surface area contributed by atoms with Crippen molar-refractivity contribution in [2.24, 2.45) is 11.8 Å². The summed E-state index contributed by atoms with van der Waals surface area (Å²) in [4.78, 5) is 36.7. The normalized spacial score (nSPS) is 23.2. The molecule has 3 heterocycles. The smallest absolute Gasteiger partial charge is 0.475 e. The number of hydrogen-bond acceptors (Lipinski definition) is 6. The number of carbonyl (C=O) groups excluding carboxylic acids is 1. The lowest BCUT2D eigenvalue weighted by Gasteiger charge is -2.34. The Balaban J connectivity index is 0.000000301. The van der Waals surface area contributed by atoms with E-state index in [1.165, 1.54) is 37.9 Å². The number of pyridine rings is 1. The predicted molar refractivity (Wildman–Crippen MR) is 119 cm³/mol. The molecule has 3 fully saturated rings. The predicted octanol–water partition coefficient (Wildman–Crippen LogP) is 2.90. The summed E-state index contributed by atoms with van der Waals surface area (Å²) >= 11 is 0. The monoisotopic (exact) mass is 557 g/mol. The minimum atomic E-state index is -5.08. The van der Waals surface area contributed by atoms with Gasteiger partial charge in [0.25, 0.3) is 0 Å². The topological polar surface area (TPSA) is 129 Å². The van der Waals surface area contributed by atoms with Gasteiger partial charge in [0, 0.05) is 32.0 Å². The molecular formula is C23H29F6N3O6. The molecule has 38 heavy (non-hydrogen) atoms. The van der Waals surface area contributed by atoms with Crippen LogP contribution in [0, 0.1) is 11.8 Å². The van der Waals surface area contributed by atoms with Gasteiger partial charge >= 0.3 is 24.3 Å². The third-order valence-electron chi connectivity index (χ3n) is 6.09. The van der Waals surface area contributed by atoms with Crippen molar-refractivity contribution in [3.8, 4) is 0 Å². The molecule has 214 valence electrons. The van der Waals surface area contributed by atoms with Gasteiger partial charge in [0.05, 0.1) is 6.10 Å². The van der Waals surface area contributed by atoms with Crippen LogP contribution >= 0.6 is 0 Å². The summed E-state index contributed by atoms with van der Waals surface area (Å²) < 4.78 is 69.6. The van der Waals surface area contributed by atoms with Crippen molar-refractivity contribution in [2.75, 3.05) is 26.2 Å². The molecule has 1 saturated carbocycles. The lowest BCUT2D eigenvalue weighted by Crippen LogP contribution is -2.43. The van der Waals surface area contributed by atoms with E-state index in [1.807, 2.05) is 12.1 Å². The van der Waals surface area contributed by atoms with E-state index in [1.54, 1.807) is 12.4 Å². The van der Waals surface area contributed by atoms with Gasteiger partial charge < -0.3 is 25.2 Å². The highest BCUT2D eigenvalue weighted by atomic mass is 19.4. The molecule has 1 amide bonds. The molecular weight excluding hydrogens is 528 g/mol. The fraction of sp³-hybridized carbons (Fsp3) is 0.652. The van der Waals surface area contributed by atoms with E-state index in [9.17, 15) is 31.1 Å². The highest BCUT2D eigenvalue weighted by molar-refractivity contribution is 5.81. The van der Waals surface area contributed by atoms with Gasteiger partial charge in [-0.15, -0.1) is 0 Å². The van der Waals surface area contributed by atoms with Crippen LogP contribution in [0.1, 0.15) is 31.2 Å². The molecule has 3 N–H and O–H groups in total. The molecule has 2 saturated heterocycles. The van der Waals surface area contributed by atoms with E-state index in [4.69, 9.17) is 24.5 Å². The van der Waals surface area contributed by atoms with E-state index in [0.717, 1.165) is 25.3 Å². The number of hydrogen-bond donors (Lipinski definition) is 3. The second-order valence-corrected chi connectivity index (χ2v) is 9.15. The van der Waals surface area contributed by atoms with Gasteiger partial charge in [-0.1, -0.05) is 0 Å². The number of aliphatic carboxylic acids is 2. The number of amides is 1. The first kappa shape index (κ1) is 31.3. The van der Waals surface area contributed by atoms with Crippen LogP contribution in [0.15, 0.2) is 24.5 Å². The van der Waals surface area contributed by atoms with Crippen LogP contribution in [0.2, 0.25) is 0 Å². The molecule has 1 aromatic heterocycles. The molecule has 15 heteroatoms. The van der Waals surface area contributed by atoms with Crippen LogP contribution in [0.4, 0.5) is 26.3 Å². The average molecular weight is 557 g/mol. The van der Waals surface area contributed by atoms with Gasteiger partial charge in [-0.05, 0) is 68.2 Å². The third kappa shape index (κ3) is 11.2. The summed E-state index contributed by atoms with van der Waals surface area (Å²) in [5.74, 6) is -3.96. The van der Waals surface area contributed by atoms with Gasteiger partial charge in [0.1, 0.15) is 6.10 Å². The number of carboxylic acids is 2. The quantitative estimate of drug-likeness (QED) is 0.456. The number of aromatic nitrogens is 1. The summed E-state index contributed by atoms with van der Waals surface area (Å²) in [5, 5.41) is 17.3. The summed E-state index contributed by atoms with van der Waals surface area (Å²) in [6.45, 7) is 4.08. The van der Waals surface area contributed by atoms with Gasteiger partial charge in [-0.2, -0.15) is 26.3 Å². The van der Waals surface area contributed by atoms with Crippen molar-refractivity contribution in [3.05, 3.63) is 30.1 Å². The number of carboxylic acid groups (broad SMARTS) is 2. The van der Waals surface area contributed by atoms with Crippen LogP contribution in [0.3, 0.4) is 0 Å². The highest BCUT2D eigenvalue weighted by Gasteiger charge is 2.42. The largest absolute Gasteiger partial charge is 0.490 e. The fourth-order valence-electron chi connectivity index (χ4n) is 3.99. The summed E-state index contributed by atoms with van der Waals surface area (Å²) in [5.41, 5.74) is 1.20. The third-order valence-corrected chi connectivity index (χ3v) is 6.09. The van der Waals surface area contributed by atoms with E-state index >= 15 is 0 Å². The van der Waals surface area contributed by atoms with E-state index in [0.29, 0.717) is 12.5 Å². The number of nitrogens with one attached hydrogen (secondary N) is 1. The molecule has 3 aliphatic rings. The molecule has 3 atom stereocenters. The second-order valence-electron chi connectivity index (χ2n) is 9.15.